The SMILES string of the molecule is CCCCCCCCCCCCCCCCCCCCCCCC(O)C(CO)NC(=O)CCCCCCCCCCCCC/C=C\C/C=C\CCCCCCCCCCCOC(=O)CCCCCCCCCCCCCCCCCCC. The first-order valence-corrected chi connectivity index (χ1v) is 37.6. The quantitative estimate of drug-likeness (QED) is 0.0320. The lowest BCUT2D eigenvalue weighted by atomic mass is 10.0. The summed E-state index contributed by atoms with van der Waals surface area (Å²) in [7, 11) is 0. The van der Waals surface area contributed by atoms with Crippen LogP contribution in [0.5, 0.6) is 0 Å². The molecule has 0 saturated heterocycles. The largest absolute Gasteiger partial charge is 0.466 e. The summed E-state index contributed by atoms with van der Waals surface area (Å²) >= 11 is 0. The van der Waals surface area contributed by atoms with Gasteiger partial charge in [-0.05, 0) is 57.8 Å². The fraction of sp³-hybridized carbons (Fsp3) is 0.921. The minimum Gasteiger partial charge on any atom is -0.466 e. The number of hydrogen-bond donors (Lipinski definition) is 3. The van der Waals surface area contributed by atoms with E-state index in [9.17, 15) is 19.8 Å². The Labute approximate surface area is 513 Å². The molecule has 3 N–H and O–H groups in total. The maximum absolute atomic E-state index is 12.6. The van der Waals surface area contributed by atoms with Crippen molar-refractivity contribution in [3.8, 4) is 0 Å². The van der Waals surface area contributed by atoms with Crippen molar-refractivity contribution in [1.29, 1.82) is 0 Å². The van der Waals surface area contributed by atoms with Crippen LogP contribution in [-0.2, 0) is 14.3 Å². The lowest BCUT2D eigenvalue weighted by Crippen LogP contribution is -2.45. The second-order valence-electron chi connectivity index (χ2n) is 26.0. The molecule has 0 saturated carbocycles. The Morgan fingerprint density at radius 1 is 0.341 bits per heavy atom. The summed E-state index contributed by atoms with van der Waals surface area (Å²) < 4.78 is 5.50. The first kappa shape index (κ1) is 80.3. The average molecular weight is 1160 g/mol. The summed E-state index contributed by atoms with van der Waals surface area (Å²) in [5.41, 5.74) is 0. The molecule has 82 heavy (non-hydrogen) atoms. The van der Waals surface area contributed by atoms with E-state index in [-0.39, 0.29) is 18.5 Å². The molecule has 0 aliphatic heterocycles. The molecule has 0 rings (SSSR count). The van der Waals surface area contributed by atoms with Gasteiger partial charge in [-0.1, -0.05) is 378 Å². The highest BCUT2D eigenvalue weighted by Crippen LogP contribution is 2.19. The van der Waals surface area contributed by atoms with Crippen molar-refractivity contribution in [2.75, 3.05) is 13.2 Å². The summed E-state index contributed by atoms with van der Waals surface area (Å²) in [4.78, 5) is 24.7. The van der Waals surface area contributed by atoms with E-state index in [1.165, 1.54) is 347 Å². The van der Waals surface area contributed by atoms with Crippen LogP contribution in [0.3, 0.4) is 0 Å². The molecule has 0 fully saturated rings. The van der Waals surface area contributed by atoms with Crippen molar-refractivity contribution in [1.82, 2.24) is 5.32 Å². The van der Waals surface area contributed by atoms with Crippen LogP contribution in [0.1, 0.15) is 425 Å². The van der Waals surface area contributed by atoms with E-state index in [1.807, 2.05) is 0 Å². The Morgan fingerprint density at radius 3 is 0.927 bits per heavy atom. The number of esters is 1. The third kappa shape index (κ3) is 67.5. The summed E-state index contributed by atoms with van der Waals surface area (Å²) in [6.07, 6.45) is 91.0. The predicted molar refractivity (Wildman–Crippen MR) is 361 cm³/mol. The Hall–Kier alpha value is -1.66. The zero-order chi connectivity index (χ0) is 59.2. The van der Waals surface area contributed by atoms with Crippen molar-refractivity contribution in [2.45, 2.75) is 437 Å². The highest BCUT2D eigenvalue weighted by atomic mass is 16.5. The van der Waals surface area contributed by atoms with E-state index in [4.69, 9.17) is 4.74 Å². The van der Waals surface area contributed by atoms with Crippen molar-refractivity contribution in [3.05, 3.63) is 24.3 Å². The number of carbonyl (C=O) groups is 2. The van der Waals surface area contributed by atoms with Gasteiger partial charge >= 0.3 is 5.97 Å². The zero-order valence-electron chi connectivity index (χ0n) is 55.8. The van der Waals surface area contributed by atoms with Gasteiger partial charge < -0.3 is 20.3 Å². The van der Waals surface area contributed by atoms with Crippen LogP contribution in [-0.4, -0.2) is 47.4 Å². The smallest absolute Gasteiger partial charge is 0.305 e. The van der Waals surface area contributed by atoms with Gasteiger partial charge in [-0.3, -0.25) is 9.59 Å². The van der Waals surface area contributed by atoms with Gasteiger partial charge in [-0.25, -0.2) is 0 Å². The average Bonchev–Trinajstić information content (AvgIpc) is 3.48. The van der Waals surface area contributed by atoms with Crippen LogP contribution in [0.4, 0.5) is 0 Å². The molecule has 0 aliphatic carbocycles. The van der Waals surface area contributed by atoms with Gasteiger partial charge in [-0.2, -0.15) is 0 Å². The molecule has 0 aromatic heterocycles. The number of rotatable bonds is 71. The number of amides is 1. The molecule has 0 bridgehead atoms. The number of nitrogens with one attached hydrogen (secondary N) is 1. The number of hydrogen-bond acceptors (Lipinski definition) is 5. The molecule has 0 aliphatic rings. The van der Waals surface area contributed by atoms with Crippen LogP contribution in [0.25, 0.3) is 0 Å². The number of unbranched alkanes of at least 4 members (excludes halogenated alkanes) is 56. The van der Waals surface area contributed by atoms with Crippen LogP contribution < -0.4 is 5.32 Å². The lowest BCUT2D eigenvalue weighted by molar-refractivity contribution is -0.143. The predicted octanol–water partition coefficient (Wildman–Crippen LogP) is 24.5. The molecule has 6 heteroatoms. The zero-order valence-corrected chi connectivity index (χ0v) is 55.8. The normalized spacial score (nSPS) is 12.6. The number of allylic oxidation sites excluding steroid dienone is 4. The standard InChI is InChI=1S/C76H147NO5/c1-3-5-7-9-11-13-15-17-19-21-22-30-33-37-40-44-48-52-56-60-64-68-74(79)73(72-78)77-75(80)69-65-61-57-53-49-45-41-38-34-31-28-26-24-23-25-27-29-32-35-39-43-47-51-55-59-63-67-71-82-76(81)70-66-62-58-54-50-46-42-36-20-18-16-14-12-10-8-6-4-2/h23-24,27,29,73-74,78-79H,3-22,25-26,28,30-72H2,1-2H3,(H,77,80)/b24-23-,29-27-. The molecule has 0 aromatic carbocycles. The Bertz CT molecular complexity index is 1280. The summed E-state index contributed by atoms with van der Waals surface area (Å²) in [6.45, 7) is 5.00. The first-order valence-electron chi connectivity index (χ1n) is 37.6. The first-order chi connectivity index (χ1) is 40.5. The van der Waals surface area contributed by atoms with Gasteiger partial charge in [0.15, 0.2) is 0 Å². The molecule has 2 atom stereocenters. The Kier molecular flexibility index (Phi) is 70.4. The van der Waals surface area contributed by atoms with Gasteiger partial charge in [0.05, 0.1) is 25.4 Å². The summed E-state index contributed by atoms with van der Waals surface area (Å²) in [6, 6.07) is -0.545. The van der Waals surface area contributed by atoms with Gasteiger partial charge in [-0.15, -0.1) is 0 Å². The molecular formula is C76H147NO5. The molecule has 486 valence electrons. The highest BCUT2D eigenvalue weighted by Gasteiger charge is 2.20. The van der Waals surface area contributed by atoms with E-state index < -0.39 is 12.1 Å². The van der Waals surface area contributed by atoms with E-state index >= 15 is 0 Å². The van der Waals surface area contributed by atoms with E-state index in [0.29, 0.717) is 25.9 Å². The Balaban J connectivity index is 3.40. The van der Waals surface area contributed by atoms with Crippen LogP contribution in [0, 0.1) is 0 Å². The minimum atomic E-state index is -0.668. The van der Waals surface area contributed by atoms with Gasteiger partial charge in [0.2, 0.25) is 5.91 Å². The molecule has 0 heterocycles. The molecule has 0 spiro atoms. The fourth-order valence-corrected chi connectivity index (χ4v) is 12.0. The fourth-order valence-electron chi connectivity index (χ4n) is 12.0. The topological polar surface area (TPSA) is 95.9 Å². The van der Waals surface area contributed by atoms with Crippen LogP contribution >= 0.6 is 0 Å². The number of aliphatic hydroxyl groups excluding tert-OH is 2. The van der Waals surface area contributed by atoms with Crippen molar-refractivity contribution >= 4 is 11.9 Å². The van der Waals surface area contributed by atoms with E-state index in [1.54, 1.807) is 0 Å². The number of aliphatic hydroxyl groups is 2. The molecular weight excluding hydrogens is 1010 g/mol. The van der Waals surface area contributed by atoms with Crippen LogP contribution in [0.2, 0.25) is 0 Å². The van der Waals surface area contributed by atoms with Crippen molar-refractivity contribution in [2.24, 2.45) is 0 Å². The molecule has 1 amide bonds. The molecule has 6 nitrogen and oxygen atoms in total. The van der Waals surface area contributed by atoms with Crippen molar-refractivity contribution < 1.29 is 24.5 Å². The second-order valence-corrected chi connectivity index (χ2v) is 26.0. The second kappa shape index (κ2) is 71.8. The lowest BCUT2D eigenvalue weighted by Gasteiger charge is -2.22. The third-order valence-electron chi connectivity index (χ3n) is 17.8. The Morgan fingerprint density at radius 2 is 0.610 bits per heavy atom. The van der Waals surface area contributed by atoms with Gasteiger partial charge in [0, 0.05) is 12.8 Å². The van der Waals surface area contributed by atoms with Gasteiger partial charge in [0.25, 0.3) is 0 Å². The highest BCUT2D eigenvalue weighted by molar-refractivity contribution is 5.76. The van der Waals surface area contributed by atoms with E-state index in [2.05, 4.69) is 43.5 Å². The van der Waals surface area contributed by atoms with E-state index in [0.717, 1.165) is 44.9 Å². The maximum atomic E-state index is 12.6. The summed E-state index contributed by atoms with van der Waals surface area (Å²) in [5, 5.41) is 23.4. The molecule has 0 aromatic rings. The number of carbonyl (C=O) groups excluding carboxylic acids is 2. The van der Waals surface area contributed by atoms with Crippen molar-refractivity contribution in [3.63, 3.8) is 0 Å². The van der Waals surface area contributed by atoms with Crippen LogP contribution in [0.15, 0.2) is 24.3 Å². The maximum Gasteiger partial charge on any atom is 0.305 e. The summed E-state index contributed by atoms with van der Waals surface area (Å²) in [5.74, 6) is -0.0178. The van der Waals surface area contributed by atoms with Gasteiger partial charge in [0.1, 0.15) is 0 Å². The number of ether oxygens (including phenoxy) is 1. The minimum absolute atomic E-state index is 0.0156. The third-order valence-corrected chi connectivity index (χ3v) is 17.8. The molecule has 0 radical (unpaired) electrons. The molecule has 2 unspecified atom stereocenters. The monoisotopic (exact) mass is 1150 g/mol.